The molecule has 2 N–H and O–H groups in total. The summed E-state index contributed by atoms with van der Waals surface area (Å²) in [6.07, 6.45) is 2.83. The zero-order valence-corrected chi connectivity index (χ0v) is 22.6. The van der Waals surface area contributed by atoms with Crippen molar-refractivity contribution in [3.63, 3.8) is 0 Å². The SMILES string of the molecule is CC(C)Oc1ccc(C(O)C(CN2CCCC2)NC(=O)CC2CCN(c3ccc(Cl)cc3)C2)cc1Cl. The molecule has 0 aliphatic carbocycles. The number of hydrogen-bond acceptors (Lipinski definition) is 5. The van der Waals surface area contributed by atoms with Crippen LogP contribution in [0.2, 0.25) is 10.0 Å². The number of benzene rings is 2. The van der Waals surface area contributed by atoms with Crippen molar-refractivity contribution in [3.05, 3.63) is 58.1 Å². The highest BCUT2D eigenvalue weighted by Crippen LogP contribution is 2.31. The van der Waals surface area contributed by atoms with E-state index in [1.54, 1.807) is 12.1 Å². The molecular weight excluding hydrogens is 497 g/mol. The van der Waals surface area contributed by atoms with Gasteiger partial charge in [-0.1, -0.05) is 29.3 Å². The summed E-state index contributed by atoms with van der Waals surface area (Å²) in [6.45, 7) is 8.22. The molecule has 4 rings (SSSR count). The summed E-state index contributed by atoms with van der Waals surface area (Å²) in [7, 11) is 0. The van der Waals surface area contributed by atoms with Crippen LogP contribution in [0, 0.1) is 5.92 Å². The van der Waals surface area contributed by atoms with Gasteiger partial charge in [-0.05, 0) is 94.1 Å². The van der Waals surface area contributed by atoms with E-state index in [4.69, 9.17) is 27.9 Å². The van der Waals surface area contributed by atoms with Crippen LogP contribution in [0.25, 0.3) is 0 Å². The minimum Gasteiger partial charge on any atom is -0.489 e. The number of ether oxygens (including phenoxy) is 1. The van der Waals surface area contributed by atoms with Gasteiger partial charge in [-0.2, -0.15) is 0 Å². The molecule has 36 heavy (non-hydrogen) atoms. The topological polar surface area (TPSA) is 65.0 Å². The minimum atomic E-state index is -0.866. The summed E-state index contributed by atoms with van der Waals surface area (Å²) >= 11 is 12.5. The predicted molar refractivity (Wildman–Crippen MR) is 146 cm³/mol. The fraction of sp³-hybridized carbons (Fsp3) is 0.536. The Balaban J connectivity index is 1.39. The van der Waals surface area contributed by atoms with Crippen LogP contribution in [-0.2, 0) is 4.79 Å². The van der Waals surface area contributed by atoms with E-state index < -0.39 is 12.1 Å². The molecule has 2 heterocycles. The Morgan fingerprint density at radius 2 is 1.83 bits per heavy atom. The lowest BCUT2D eigenvalue weighted by atomic mass is 9.99. The summed E-state index contributed by atoms with van der Waals surface area (Å²) in [4.78, 5) is 17.7. The van der Waals surface area contributed by atoms with Gasteiger partial charge in [0, 0.05) is 36.8 Å². The largest absolute Gasteiger partial charge is 0.489 e. The molecule has 0 spiro atoms. The highest BCUT2D eigenvalue weighted by molar-refractivity contribution is 6.32. The number of nitrogens with one attached hydrogen (secondary N) is 1. The molecule has 3 atom stereocenters. The van der Waals surface area contributed by atoms with Gasteiger partial charge in [-0.25, -0.2) is 0 Å². The van der Waals surface area contributed by atoms with Gasteiger partial charge in [0.1, 0.15) is 11.9 Å². The Kier molecular flexibility index (Phi) is 9.40. The van der Waals surface area contributed by atoms with Crippen molar-refractivity contribution < 1.29 is 14.6 Å². The van der Waals surface area contributed by atoms with Crippen molar-refractivity contribution in [3.8, 4) is 5.75 Å². The van der Waals surface area contributed by atoms with Crippen LogP contribution in [0.4, 0.5) is 5.69 Å². The molecule has 2 saturated heterocycles. The molecule has 2 aromatic carbocycles. The van der Waals surface area contributed by atoms with Crippen molar-refractivity contribution in [2.24, 2.45) is 5.92 Å². The van der Waals surface area contributed by atoms with Gasteiger partial charge in [0.15, 0.2) is 0 Å². The molecule has 2 aliphatic heterocycles. The molecule has 0 bridgehead atoms. The zero-order valence-electron chi connectivity index (χ0n) is 21.1. The maximum atomic E-state index is 13.1. The van der Waals surface area contributed by atoms with Crippen LogP contribution in [-0.4, -0.2) is 60.8 Å². The molecule has 2 fully saturated rings. The average Bonchev–Trinajstić information content (AvgIpc) is 3.52. The highest BCUT2D eigenvalue weighted by atomic mass is 35.5. The van der Waals surface area contributed by atoms with Crippen LogP contribution in [0.3, 0.4) is 0 Å². The van der Waals surface area contributed by atoms with Crippen LogP contribution in [0.5, 0.6) is 5.75 Å². The van der Waals surface area contributed by atoms with Crippen LogP contribution in [0.15, 0.2) is 42.5 Å². The van der Waals surface area contributed by atoms with Gasteiger partial charge in [0.25, 0.3) is 0 Å². The first-order valence-corrected chi connectivity index (χ1v) is 13.7. The number of likely N-dealkylation sites (tertiary alicyclic amines) is 1. The molecule has 2 aromatic rings. The van der Waals surface area contributed by atoms with Crippen molar-refractivity contribution in [2.75, 3.05) is 37.6 Å². The van der Waals surface area contributed by atoms with E-state index >= 15 is 0 Å². The summed E-state index contributed by atoms with van der Waals surface area (Å²) in [5, 5.41) is 15.6. The normalized spacial score (nSPS) is 20.1. The molecule has 0 aromatic heterocycles. The Morgan fingerprint density at radius 3 is 2.50 bits per heavy atom. The molecule has 0 saturated carbocycles. The Morgan fingerprint density at radius 1 is 1.11 bits per heavy atom. The van der Waals surface area contributed by atoms with Crippen molar-refractivity contribution in [2.45, 2.75) is 57.8 Å². The van der Waals surface area contributed by atoms with E-state index in [0.717, 1.165) is 56.2 Å². The maximum Gasteiger partial charge on any atom is 0.220 e. The number of rotatable bonds is 10. The van der Waals surface area contributed by atoms with Crippen LogP contribution in [0.1, 0.15) is 51.2 Å². The van der Waals surface area contributed by atoms with E-state index in [0.29, 0.717) is 29.3 Å². The number of aliphatic hydroxyl groups is 1. The smallest absolute Gasteiger partial charge is 0.220 e. The first-order chi connectivity index (χ1) is 17.3. The Hall–Kier alpha value is -1.99. The second-order valence-electron chi connectivity index (χ2n) is 10.3. The number of carbonyl (C=O) groups excluding carboxylic acids is 1. The fourth-order valence-electron chi connectivity index (χ4n) is 5.16. The van der Waals surface area contributed by atoms with Gasteiger partial charge in [0.2, 0.25) is 5.91 Å². The number of amides is 1. The summed E-state index contributed by atoms with van der Waals surface area (Å²) in [6, 6.07) is 12.8. The van der Waals surface area contributed by atoms with E-state index in [9.17, 15) is 9.90 Å². The average molecular weight is 535 g/mol. The molecular formula is C28H37Cl2N3O3. The van der Waals surface area contributed by atoms with E-state index in [-0.39, 0.29) is 17.9 Å². The third-order valence-corrected chi connectivity index (χ3v) is 7.54. The summed E-state index contributed by atoms with van der Waals surface area (Å²) in [5.74, 6) is 0.841. The van der Waals surface area contributed by atoms with Crippen molar-refractivity contribution in [1.82, 2.24) is 10.2 Å². The highest BCUT2D eigenvalue weighted by Gasteiger charge is 2.30. The van der Waals surface area contributed by atoms with Crippen LogP contribution < -0.4 is 15.0 Å². The summed E-state index contributed by atoms with van der Waals surface area (Å²) < 4.78 is 5.73. The first-order valence-electron chi connectivity index (χ1n) is 12.9. The molecule has 1 amide bonds. The van der Waals surface area contributed by atoms with E-state index in [1.807, 2.05) is 44.2 Å². The van der Waals surface area contributed by atoms with Gasteiger partial charge in [-0.15, -0.1) is 0 Å². The number of anilines is 1. The van der Waals surface area contributed by atoms with Crippen molar-refractivity contribution >= 4 is 34.8 Å². The third-order valence-electron chi connectivity index (χ3n) is 6.99. The predicted octanol–water partition coefficient (Wildman–Crippen LogP) is 5.31. The monoisotopic (exact) mass is 533 g/mol. The molecule has 0 radical (unpaired) electrons. The number of carbonyl (C=O) groups is 1. The van der Waals surface area contributed by atoms with Gasteiger partial charge < -0.3 is 25.0 Å². The molecule has 2 aliphatic rings. The number of hydrogen-bond donors (Lipinski definition) is 2. The zero-order chi connectivity index (χ0) is 25.7. The van der Waals surface area contributed by atoms with E-state index in [1.165, 1.54) is 0 Å². The lowest BCUT2D eigenvalue weighted by Gasteiger charge is -2.29. The molecule has 3 unspecified atom stereocenters. The first kappa shape index (κ1) is 27.1. The quantitative estimate of drug-likeness (QED) is 0.433. The third kappa shape index (κ3) is 7.28. The summed E-state index contributed by atoms with van der Waals surface area (Å²) in [5.41, 5.74) is 1.81. The fourth-order valence-corrected chi connectivity index (χ4v) is 5.52. The number of aliphatic hydroxyl groups excluding tert-OH is 1. The van der Waals surface area contributed by atoms with Gasteiger partial charge in [-0.3, -0.25) is 4.79 Å². The second kappa shape index (κ2) is 12.5. The standard InChI is InChI=1S/C28H37Cl2N3O3/c1-19(2)36-26-10-5-21(16-24(26)30)28(35)25(18-32-12-3-4-13-32)31-27(34)15-20-11-14-33(17-20)23-8-6-22(29)7-9-23/h5-10,16,19-20,25,28,35H,3-4,11-15,17-18H2,1-2H3,(H,31,34). The maximum absolute atomic E-state index is 13.1. The molecule has 8 heteroatoms. The lowest BCUT2D eigenvalue weighted by Crippen LogP contribution is -2.47. The van der Waals surface area contributed by atoms with Gasteiger partial charge in [0.05, 0.1) is 17.2 Å². The number of halogens is 2. The molecule has 6 nitrogen and oxygen atoms in total. The van der Waals surface area contributed by atoms with Crippen molar-refractivity contribution in [1.29, 1.82) is 0 Å². The lowest BCUT2D eigenvalue weighted by molar-refractivity contribution is -0.123. The Labute approximate surface area is 224 Å². The molecule has 196 valence electrons. The van der Waals surface area contributed by atoms with Crippen LogP contribution >= 0.6 is 23.2 Å². The Bertz CT molecular complexity index is 1010. The van der Waals surface area contributed by atoms with E-state index in [2.05, 4.69) is 15.1 Å². The minimum absolute atomic E-state index is 0.00619. The second-order valence-corrected chi connectivity index (χ2v) is 11.1. The van der Waals surface area contributed by atoms with Gasteiger partial charge >= 0.3 is 0 Å². The number of nitrogens with zero attached hydrogens (tertiary/aromatic N) is 2.